The number of rotatable bonds is 9. The third-order valence-electron chi connectivity index (χ3n) is 4.76. The number of carbonyl (C=O) groups excluding carboxylic acids is 2. The molecule has 0 atom stereocenters. The molecule has 9 heteroatoms. The van der Waals surface area contributed by atoms with Crippen molar-refractivity contribution in [1.82, 2.24) is 15.2 Å². The summed E-state index contributed by atoms with van der Waals surface area (Å²) in [5.74, 6) is -2.36. The van der Waals surface area contributed by atoms with Gasteiger partial charge in [0.1, 0.15) is 28.5 Å². The summed E-state index contributed by atoms with van der Waals surface area (Å²) in [6, 6.07) is 6.40. The molecule has 2 amide bonds. The van der Waals surface area contributed by atoms with Gasteiger partial charge in [0.15, 0.2) is 0 Å². The predicted octanol–water partition coefficient (Wildman–Crippen LogP) is 3.23. The van der Waals surface area contributed by atoms with Gasteiger partial charge in [0, 0.05) is 37.1 Å². The first kappa shape index (κ1) is 22.9. The molecular formula is C23H23F2N3O4. The summed E-state index contributed by atoms with van der Waals surface area (Å²) < 4.78 is 33.7. The molecule has 2 N–H and O–H groups in total. The lowest BCUT2D eigenvalue weighted by atomic mass is 10.1. The standard InChI is InChI=1S/C23H23F2N3O4/c1-2-3-8-26-22(30)18-13-28(12-17-5-4-9-32-17)14-19(21(18)29)23(31)27-11-15-6-7-16(24)10-20(15)25/h4-7,9-10,13-14H,2-3,8,11-12H2,1H3,(H,26,30)(H,27,31). The Morgan fingerprint density at radius 1 is 1.06 bits per heavy atom. The molecule has 0 fully saturated rings. The molecule has 3 rings (SSSR count). The summed E-state index contributed by atoms with van der Waals surface area (Å²) in [5, 5.41) is 5.12. The summed E-state index contributed by atoms with van der Waals surface area (Å²) >= 11 is 0. The molecule has 0 unspecified atom stereocenters. The highest BCUT2D eigenvalue weighted by molar-refractivity contribution is 5.99. The number of benzene rings is 1. The fourth-order valence-electron chi connectivity index (χ4n) is 3.04. The van der Waals surface area contributed by atoms with Gasteiger partial charge >= 0.3 is 0 Å². The van der Waals surface area contributed by atoms with Crippen molar-refractivity contribution in [3.05, 3.63) is 93.3 Å². The second kappa shape index (κ2) is 10.5. The van der Waals surface area contributed by atoms with Crippen molar-refractivity contribution in [1.29, 1.82) is 0 Å². The zero-order valence-corrected chi connectivity index (χ0v) is 17.5. The number of nitrogens with one attached hydrogen (secondary N) is 2. The van der Waals surface area contributed by atoms with Crippen LogP contribution in [0.4, 0.5) is 8.78 Å². The molecule has 0 radical (unpaired) electrons. The molecule has 2 heterocycles. The zero-order chi connectivity index (χ0) is 23.1. The van der Waals surface area contributed by atoms with Gasteiger partial charge in [0.05, 0.1) is 12.8 Å². The summed E-state index contributed by atoms with van der Waals surface area (Å²) in [6.07, 6.45) is 5.77. The van der Waals surface area contributed by atoms with Crippen LogP contribution in [-0.4, -0.2) is 22.9 Å². The van der Waals surface area contributed by atoms with Crippen LogP contribution in [0.1, 0.15) is 51.8 Å². The van der Waals surface area contributed by atoms with Crippen LogP contribution in [0, 0.1) is 11.6 Å². The van der Waals surface area contributed by atoms with Crippen molar-refractivity contribution >= 4 is 11.8 Å². The maximum Gasteiger partial charge on any atom is 0.257 e. The maximum atomic E-state index is 13.9. The third-order valence-corrected chi connectivity index (χ3v) is 4.76. The highest BCUT2D eigenvalue weighted by Crippen LogP contribution is 2.10. The first-order valence-electron chi connectivity index (χ1n) is 10.2. The van der Waals surface area contributed by atoms with Crippen LogP contribution in [0.25, 0.3) is 0 Å². The van der Waals surface area contributed by atoms with E-state index in [4.69, 9.17) is 4.42 Å². The van der Waals surface area contributed by atoms with Crippen LogP contribution >= 0.6 is 0 Å². The van der Waals surface area contributed by atoms with Crippen molar-refractivity contribution in [2.75, 3.05) is 6.54 Å². The van der Waals surface area contributed by atoms with E-state index in [0.717, 1.165) is 18.9 Å². The Labute approximate surface area is 183 Å². The second-order valence-corrected chi connectivity index (χ2v) is 7.19. The predicted molar refractivity (Wildman–Crippen MR) is 113 cm³/mol. The quantitative estimate of drug-likeness (QED) is 0.497. The van der Waals surface area contributed by atoms with Crippen molar-refractivity contribution in [2.24, 2.45) is 0 Å². The van der Waals surface area contributed by atoms with E-state index in [9.17, 15) is 23.2 Å². The van der Waals surface area contributed by atoms with E-state index in [-0.39, 0.29) is 29.8 Å². The summed E-state index contributed by atoms with van der Waals surface area (Å²) in [6.45, 7) is 2.30. The van der Waals surface area contributed by atoms with E-state index in [0.29, 0.717) is 18.4 Å². The first-order chi connectivity index (χ1) is 15.4. The van der Waals surface area contributed by atoms with Crippen LogP contribution in [0.5, 0.6) is 0 Å². The van der Waals surface area contributed by atoms with E-state index < -0.39 is 28.9 Å². The molecule has 0 aliphatic heterocycles. The van der Waals surface area contributed by atoms with E-state index in [1.54, 1.807) is 12.1 Å². The number of nitrogens with zero attached hydrogens (tertiary/aromatic N) is 1. The zero-order valence-electron chi connectivity index (χ0n) is 17.5. The number of hydrogen-bond acceptors (Lipinski definition) is 4. The number of furan rings is 1. The summed E-state index contributed by atoms with van der Waals surface area (Å²) in [4.78, 5) is 38.2. The van der Waals surface area contributed by atoms with Gasteiger partial charge in [-0.3, -0.25) is 14.4 Å². The minimum absolute atomic E-state index is 0.0594. The molecular weight excluding hydrogens is 420 g/mol. The van der Waals surface area contributed by atoms with Crippen LogP contribution in [0.15, 0.2) is 58.2 Å². The van der Waals surface area contributed by atoms with Gasteiger partial charge in [-0.1, -0.05) is 19.4 Å². The van der Waals surface area contributed by atoms with Crippen molar-refractivity contribution in [3.8, 4) is 0 Å². The number of amides is 2. The van der Waals surface area contributed by atoms with Crippen LogP contribution in [0.3, 0.4) is 0 Å². The normalized spacial score (nSPS) is 10.7. The molecule has 3 aromatic rings. The Bertz CT molecular complexity index is 1160. The maximum absolute atomic E-state index is 13.9. The van der Waals surface area contributed by atoms with Gasteiger partial charge in [-0.05, 0) is 24.6 Å². The van der Waals surface area contributed by atoms with E-state index in [2.05, 4.69) is 10.6 Å². The van der Waals surface area contributed by atoms with Crippen LogP contribution in [0.2, 0.25) is 0 Å². The Balaban J connectivity index is 1.88. The van der Waals surface area contributed by atoms with Crippen molar-refractivity contribution < 1.29 is 22.8 Å². The molecule has 0 bridgehead atoms. The van der Waals surface area contributed by atoms with Gasteiger partial charge in [-0.25, -0.2) is 8.78 Å². The van der Waals surface area contributed by atoms with E-state index in [1.165, 1.54) is 29.3 Å². The van der Waals surface area contributed by atoms with Gasteiger partial charge < -0.3 is 19.6 Å². The number of aromatic nitrogens is 1. The molecule has 0 saturated heterocycles. The van der Waals surface area contributed by atoms with E-state index >= 15 is 0 Å². The molecule has 7 nitrogen and oxygen atoms in total. The number of halogens is 2. The topological polar surface area (TPSA) is 93.3 Å². The molecule has 0 saturated carbocycles. The average Bonchev–Trinajstić information content (AvgIpc) is 3.27. The lowest BCUT2D eigenvalue weighted by Gasteiger charge is -2.12. The first-order valence-corrected chi connectivity index (χ1v) is 10.2. The van der Waals surface area contributed by atoms with Crippen LogP contribution in [-0.2, 0) is 13.1 Å². The SMILES string of the molecule is CCCCNC(=O)c1cn(Cc2ccco2)cc(C(=O)NCc2ccc(F)cc2F)c1=O. The molecule has 1 aromatic carbocycles. The highest BCUT2D eigenvalue weighted by atomic mass is 19.1. The molecule has 32 heavy (non-hydrogen) atoms. The number of unbranched alkanes of at least 4 members (excludes halogenated alkanes) is 1. The molecule has 0 spiro atoms. The van der Waals surface area contributed by atoms with Crippen LogP contribution < -0.4 is 16.1 Å². The Hall–Kier alpha value is -3.75. The van der Waals surface area contributed by atoms with Crippen molar-refractivity contribution in [3.63, 3.8) is 0 Å². The van der Waals surface area contributed by atoms with Gasteiger partial charge in [0.25, 0.3) is 11.8 Å². The highest BCUT2D eigenvalue weighted by Gasteiger charge is 2.20. The summed E-state index contributed by atoms with van der Waals surface area (Å²) in [7, 11) is 0. The minimum atomic E-state index is -0.815. The van der Waals surface area contributed by atoms with Gasteiger partial charge in [0.2, 0.25) is 5.43 Å². The van der Waals surface area contributed by atoms with Gasteiger partial charge in [-0.15, -0.1) is 0 Å². The van der Waals surface area contributed by atoms with E-state index in [1.807, 2.05) is 6.92 Å². The largest absolute Gasteiger partial charge is 0.467 e. The number of carbonyl (C=O) groups is 2. The smallest absolute Gasteiger partial charge is 0.257 e. The Morgan fingerprint density at radius 2 is 1.78 bits per heavy atom. The Morgan fingerprint density at radius 3 is 2.41 bits per heavy atom. The minimum Gasteiger partial charge on any atom is -0.467 e. The monoisotopic (exact) mass is 443 g/mol. The summed E-state index contributed by atoms with van der Waals surface area (Å²) in [5.41, 5.74) is -1.15. The second-order valence-electron chi connectivity index (χ2n) is 7.19. The lowest BCUT2D eigenvalue weighted by Crippen LogP contribution is -2.35. The molecule has 0 aliphatic carbocycles. The number of pyridine rings is 1. The lowest BCUT2D eigenvalue weighted by molar-refractivity contribution is 0.0948. The molecule has 168 valence electrons. The fourth-order valence-corrected chi connectivity index (χ4v) is 3.04. The average molecular weight is 443 g/mol. The molecule has 0 aliphatic rings. The van der Waals surface area contributed by atoms with Gasteiger partial charge in [-0.2, -0.15) is 0 Å². The third kappa shape index (κ3) is 5.69. The fraction of sp³-hybridized carbons (Fsp3) is 0.261. The Kier molecular flexibility index (Phi) is 7.54. The van der Waals surface area contributed by atoms with Crippen molar-refractivity contribution in [2.45, 2.75) is 32.9 Å². The molecule has 2 aromatic heterocycles. The number of hydrogen-bond donors (Lipinski definition) is 2.